The van der Waals surface area contributed by atoms with Gasteiger partial charge in [0, 0.05) is 26.2 Å². The van der Waals surface area contributed by atoms with Gasteiger partial charge in [0.2, 0.25) is 0 Å². The summed E-state index contributed by atoms with van der Waals surface area (Å²) in [5.41, 5.74) is 1.22. The maximum Gasteiger partial charge on any atom is 0.259 e. The van der Waals surface area contributed by atoms with Crippen molar-refractivity contribution < 1.29 is 18.8 Å². The molecule has 0 aromatic carbocycles. The van der Waals surface area contributed by atoms with Crippen LogP contribution in [0.1, 0.15) is 28.9 Å². The summed E-state index contributed by atoms with van der Waals surface area (Å²) in [4.78, 5) is 17.3. The minimum atomic E-state index is 0.0139. The predicted molar refractivity (Wildman–Crippen MR) is 81.2 cm³/mol. The summed E-state index contributed by atoms with van der Waals surface area (Å²) in [6, 6.07) is 0.409. The predicted octanol–water partition coefficient (Wildman–Crippen LogP) is 0.687. The summed E-state index contributed by atoms with van der Waals surface area (Å²) in [5, 5.41) is 3.84. The summed E-state index contributed by atoms with van der Waals surface area (Å²) in [7, 11) is 0. The quantitative estimate of drug-likeness (QED) is 0.798. The number of ether oxygens (including phenoxy) is 2. The summed E-state index contributed by atoms with van der Waals surface area (Å²) in [5.74, 6) is 0.0139. The molecule has 1 aromatic heterocycles. The highest BCUT2D eigenvalue weighted by molar-refractivity contribution is 5.95. The molecule has 3 fully saturated rings. The number of amides is 1. The lowest BCUT2D eigenvalue weighted by atomic mass is 9.99. The van der Waals surface area contributed by atoms with Gasteiger partial charge in [-0.1, -0.05) is 5.16 Å². The van der Waals surface area contributed by atoms with Gasteiger partial charge in [0.05, 0.1) is 37.1 Å². The lowest BCUT2D eigenvalue weighted by Crippen LogP contribution is -2.51. The van der Waals surface area contributed by atoms with Crippen LogP contribution in [0.4, 0.5) is 0 Å². The highest BCUT2D eigenvalue weighted by Crippen LogP contribution is 2.33. The molecule has 4 heterocycles. The van der Waals surface area contributed by atoms with Gasteiger partial charge in [-0.2, -0.15) is 0 Å². The Morgan fingerprint density at radius 2 is 2.09 bits per heavy atom. The molecule has 23 heavy (non-hydrogen) atoms. The number of nitrogens with zero attached hydrogens (tertiary/aromatic N) is 3. The first-order valence-corrected chi connectivity index (χ1v) is 8.41. The lowest BCUT2D eigenvalue weighted by Gasteiger charge is -2.37. The molecule has 3 saturated heterocycles. The third kappa shape index (κ3) is 2.66. The number of aromatic nitrogens is 1. The van der Waals surface area contributed by atoms with E-state index in [1.54, 1.807) is 6.92 Å². The summed E-state index contributed by atoms with van der Waals surface area (Å²) < 4.78 is 16.5. The van der Waals surface area contributed by atoms with E-state index in [9.17, 15) is 4.79 Å². The number of hydrogen-bond acceptors (Lipinski definition) is 6. The van der Waals surface area contributed by atoms with Crippen molar-refractivity contribution in [3.05, 3.63) is 17.5 Å². The van der Waals surface area contributed by atoms with Crippen LogP contribution < -0.4 is 0 Å². The maximum atomic E-state index is 12.9. The van der Waals surface area contributed by atoms with Crippen LogP contribution in [0.15, 0.2) is 10.8 Å². The molecule has 0 aliphatic carbocycles. The fraction of sp³-hybridized carbons (Fsp3) is 0.750. The molecule has 0 N–H and O–H groups in total. The zero-order valence-electron chi connectivity index (χ0n) is 13.4. The van der Waals surface area contributed by atoms with Crippen LogP contribution in [0.25, 0.3) is 0 Å². The molecule has 3 aliphatic heterocycles. The van der Waals surface area contributed by atoms with Crippen molar-refractivity contribution in [1.82, 2.24) is 15.0 Å². The van der Waals surface area contributed by atoms with E-state index in [0.717, 1.165) is 45.8 Å². The van der Waals surface area contributed by atoms with E-state index in [1.807, 2.05) is 4.90 Å². The second-order valence-electron chi connectivity index (χ2n) is 6.53. The molecule has 1 amide bonds. The standard InChI is InChI=1S/C16H23N3O4/c1-11-12(10-23-17-11)16(20)19-9-14(18-4-7-21-8-5-18)15-13(19)3-2-6-22-15/h10,13-15H,2-9H2,1H3/t13-,14-,15+/m0/s1. The second-order valence-corrected chi connectivity index (χ2v) is 6.53. The van der Waals surface area contributed by atoms with Gasteiger partial charge in [-0.25, -0.2) is 0 Å². The third-order valence-electron chi connectivity index (χ3n) is 5.25. The molecule has 0 bridgehead atoms. The van der Waals surface area contributed by atoms with Crippen molar-refractivity contribution >= 4 is 5.91 Å². The van der Waals surface area contributed by atoms with Gasteiger partial charge in [-0.15, -0.1) is 0 Å². The number of rotatable bonds is 2. The molecule has 1 aromatic rings. The third-order valence-corrected chi connectivity index (χ3v) is 5.25. The van der Waals surface area contributed by atoms with Gasteiger partial charge >= 0.3 is 0 Å². The van der Waals surface area contributed by atoms with Gasteiger partial charge in [0.25, 0.3) is 5.91 Å². The molecule has 0 unspecified atom stereocenters. The topological polar surface area (TPSA) is 68.0 Å². The normalized spacial score (nSPS) is 32.0. The van der Waals surface area contributed by atoms with Crippen molar-refractivity contribution in [3.63, 3.8) is 0 Å². The minimum Gasteiger partial charge on any atom is -0.379 e. The first kappa shape index (κ1) is 15.1. The molecule has 0 radical (unpaired) electrons. The maximum absolute atomic E-state index is 12.9. The van der Waals surface area contributed by atoms with E-state index in [1.165, 1.54) is 6.26 Å². The summed E-state index contributed by atoms with van der Waals surface area (Å²) in [6.45, 7) is 6.63. The van der Waals surface area contributed by atoms with Gasteiger partial charge in [0.1, 0.15) is 11.8 Å². The fourth-order valence-electron chi connectivity index (χ4n) is 4.05. The highest BCUT2D eigenvalue weighted by Gasteiger charge is 2.48. The van der Waals surface area contributed by atoms with Gasteiger partial charge in [-0.3, -0.25) is 9.69 Å². The Kier molecular flexibility index (Phi) is 4.09. The van der Waals surface area contributed by atoms with Crippen molar-refractivity contribution in [2.24, 2.45) is 0 Å². The molecule has 7 nitrogen and oxygen atoms in total. The number of carbonyl (C=O) groups is 1. The van der Waals surface area contributed by atoms with Crippen LogP contribution in [0.5, 0.6) is 0 Å². The minimum absolute atomic E-state index is 0.0139. The number of morpholine rings is 1. The molecular formula is C16H23N3O4. The smallest absolute Gasteiger partial charge is 0.259 e. The SMILES string of the molecule is Cc1nocc1C(=O)N1C[C@H](N2CCOCC2)[C@@H]2OCCC[C@@H]21. The molecular weight excluding hydrogens is 298 g/mol. The summed E-state index contributed by atoms with van der Waals surface area (Å²) in [6.07, 6.45) is 3.56. The molecule has 7 heteroatoms. The Morgan fingerprint density at radius 3 is 2.83 bits per heavy atom. The van der Waals surface area contributed by atoms with Crippen molar-refractivity contribution in [2.75, 3.05) is 39.5 Å². The van der Waals surface area contributed by atoms with Crippen LogP contribution in [0.3, 0.4) is 0 Å². The zero-order chi connectivity index (χ0) is 15.8. The molecule has 4 rings (SSSR count). The molecule has 0 spiro atoms. The van der Waals surface area contributed by atoms with Crippen molar-refractivity contribution in [1.29, 1.82) is 0 Å². The second kappa shape index (κ2) is 6.22. The average Bonchev–Trinajstić information content (AvgIpc) is 3.19. The van der Waals surface area contributed by atoms with Crippen molar-refractivity contribution in [2.45, 2.75) is 38.0 Å². The number of fused-ring (bicyclic) bond motifs is 1. The van der Waals surface area contributed by atoms with Gasteiger partial charge in [-0.05, 0) is 19.8 Å². The summed E-state index contributed by atoms with van der Waals surface area (Å²) >= 11 is 0. The molecule has 0 saturated carbocycles. The largest absolute Gasteiger partial charge is 0.379 e. The average molecular weight is 321 g/mol. The Morgan fingerprint density at radius 1 is 1.26 bits per heavy atom. The monoisotopic (exact) mass is 321 g/mol. The number of carbonyl (C=O) groups excluding carboxylic acids is 1. The fourth-order valence-corrected chi connectivity index (χ4v) is 4.05. The Hall–Kier alpha value is -1.44. The van der Waals surface area contributed by atoms with E-state index < -0.39 is 0 Å². The first-order valence-electron chi connectivity index (χ1n) is 8.41. The van der Waals surface area contributed by atoms with Crippen LogP contribution in [-0.2, 0) is 9.47 Å². The Labute approximate surface area is 135 Å². The first-order chi connectivity index (χ1) is 11.3. The molecule has 126 valence electrons. The lowest BCUT2D eigenvalue weighted by molar-refractivity contribution is -0.0579. The van der Waals surface area contributed by atoms with Crippen LogP contribution in [0, 0.1) is 6.92 Å². The Bertz CT molecular complexity index is 569. The van der Waals surface area contributed by atoms with Gasteiger partial charge < -0.3 is 18.9 Å². The zero-order valence-corrected chi connectivity index (χ0v) is 13.4. The van der Waals surface area contributed by atoms with E-state index in [2.05, 4.69) is 10.1 Å². The van der Waals surface area contributed by atoms with E-state index >= 15 is 0 Å². The highest BCUT2D eigenvalue weighted by atomic mass is 16.5. The molecule has 3 aliphatic rings. The van der Waals surface area contributed by atoms with Crippen LogP contribution >= 0.6 is 0 Å². The van der Waals surface area contributed by atoms with Crippen LogP contribution in [-0.4, -0.2) is 78.5 Å². The Balaban J connectivity index is 1.57. The van der Waals surface area contributed by atoms with E-state index in [-0.39, 0.29) is 24.1 Å². The van der Waals surface area contributed by atoms with Crippen LogP contribution in [0.2, 0.25) is 0 Å². The van der Waals surface area contributed by atoms with E-state index in [0.29, 0.717) is 17.8 Å². The number of likely N-dealkylation sites (tertiary alicyclic amines) is 1. The number of hydrogen-bond donors (Lipinski definition) is 0. The number of aryl methyl sites for hydroxylation is 1. The van der Waals surface area contributed by atoms with Crippen molar-refractivity contribution in [3.8, 4) is 0 Å². The van der Waals surface area contributed by atoms with Gasteiger partial charge in [0.15, 0.2) is 0 Å². The molecule has 3 atom stereocenters. The van der Waals surface area contributed by atoms with E-state index in [4.69, 9.17) is 14.0 Å².